The minimum Gasteiger partial charge on any atom is -0.375 e. The maximum atomic E-state index is 12.4. The molecule has 2 unspecified atom stereocenters. The highest BCUT2D eigenvalue weighted by Gasteiger charge is 2.29. The average molecular weight is 279 g/mol. The number of morpholine rings is 1. The molecule has 104 valence electrons. The molecule has 0 saturated carbocycles. The van der Waals surface area contributed by atoms with Crippen LogP contribution in [0.5, 0.6) is 0 Å². The lowest BCUT2D eigenvalue weighted by Crippen LogP contribution is -2.51. The van der Waals surface area contributed by atoms with Gasteiger partial charge in [0.25, 0.3) is 0 Å². The number of carbonyl (C=O) groups is 1. The van der Waals surface area contributed by atoms with Crippen molar-refractivity contribution in [1.29, 1.82) is 0 Å². The molecule has 1 aromatic carbocycles. The predicted molar refractivity (Wildman–Crippen MR) is 78.6 cm³/mol. The summed E-state index contributed by atoms with van der Waals surface area (Å²) in [6.07, 6.45) is 1.53. The van der Waals surface area contributed by atoms with Crippen LogP contribution in [0, 0.1) is 0 Å². The zero-order valence-electron chi connectivity index (χ0n) is 11.5. The van der Waals surface area contributed by atoms with Crippen LogP contribution in [0.15, 0.2) is 29.2 Å². The number of rotatable bonds is 3. The van der Waals surface area contributed by atoms with Gasteiger partial charge in [-0.15, -0.1) is 12.6 Å². The summed E-state index contributed by atoms with van der Waals surface area (Å²) < 4.78 is 5.62. The van der Waals surface area contributed by atoms with E-state index in [2.05, 4.69) is 19.6 Å². The van der Waals surface area contributed by atoms with Crippen LogP contribution in [-0.2, 0) is 16.0 Å². The summed E-state index contributed by atoms with van der Waals surface area (Å²) in [6, 6.07) is 7.99. The van der Waals surface area contributed by atoms with E-state index in [9.17, 15) is 4.79 Å². The van der Waals surface area contributed by atoms with Gasteiger partial charge in [-0.25, -0.2) is 0 Å². The monoisotopic (exact) mass is 279 g/mol. The maximum Gasteiger partial charge on any atom is 0.227 e. The number of nitrogens with zero attached hydrogens (tertiary/aromatic N) is 1. The summed E-state index contributed by atoms with van der Waals surface area (Å²) >= 11 is 4.25. The molecule has 4 heteroatoms. The number of hydrogen-bond acceptors (Lipinski definition) is 3. The van der Waals surface area contributed by atoms with Gasteiger partial charge in [0.15, 0.2) is 0 Å². The number of ether oxygens (including phenoxy) is 1. The fourth-order valence-electron chi connectivity index (χ4n) is 2.38. The van der Waals surface area contributed by atoms with Crippen molar-refractivity contribution in [3.05, 3.63) is 29.8 Å². The Balaban J connectivity index is 2.03. The van der Waals surface area contributed by atoms with E-state index in [1.807, 2.05) is 36.1 Å². The first-order valence-electron chi connectivity index (χ1n) is 6.79. The second-order valence-electron chi connectivity index (χ2n) is 5.10. The van der Waals surface area contributed by atoms with E-state index in [0.717, 1.165) is 16.9 Å². The zero-order valence-corrected chi connectivity index (χ0v) is 12.4. The van der Waals surface area contributed by atoms with Crippen molar-refractivity contribution in [2.45, 2.75) is 43.7 Å². The lowest BCUT2D eigenvalue weighted by molar-refractivity contribution is -0.143. The van der Waals surface area contributed by atoms with Crippen LogP contribution in [0.3, 0.4) is 0 Å². The fraction of sp³-hybridized carbons (Fsp3) is 0.533. The Morgan fingerprint density at radius 1 is 1.42 bits per heavy atom. The average Bonchev–Trinajstić information content (AvgIpc) is 2.41. The lowest BCUT2D eigenvalue weighted by Gasteiger charge is -2.38. The Kier molecular flexibility index (Phi) is 4.88. The van der Waals surface area contributed by atoms with E-state index < -0.39 is 0 Å². The summed E-state index contributed by atoms with van der Waals surface area (Å²) in [5.41, 5.74) is 1.04. The van der Waals surface area contributed by atoms with Gasteiger partial charge < -0.3 is 9.64 Å². The normalized spacial score (nSPS) is 23.4. The first-order chi connectivity index (χ1) is 9.10. The molecule has 0 spiro atoms. The molecule has 1 fully saturated rings. The summed E-state index contributed by atoms with van der Waals surface area (Å²) in [6.45, 7) is 5.46. The Labute approximate surface area is 120 Å². The van der Waals surface area contributed by atoms with Crippen LogP contribution in [0.2, 0.25) is 0 Å². The van der Waals surface area contributed by atoms with Gasteiger partial charge in [-0.1, -0.05) is 19.1 Å². The van der Waals surface area contributed by atoms with Crippen molar-refractivity contribution in [1.82, 2.24) is 4.90 Å². The molecule has 19 heavy (non-hydrogen) atoms. The molecular formula is C15H21NO2S. The van der Waals surface area contributed by atoms with E-state index in [4.69, 9.17) is 4.74 Å². The highest BCUT2D eigenvalue weighted by molar-refractivity contribution is 7.80. The van der Waals surface area contributed by atoms with Gasteiger partial charge >= 0.3 is 0 Å². The summed E-state index contributed by atoms with van der Waals surface area (Å²) in [5, 5.41) is 0. The van der Waals surface area contributed by atoms with E-state index in [0.29, 0.717) is 19.6 Å². The molecule has 0 aromatic heterocycles. The minimum atomic E-state index is 0.131. The highest BCUT2D eigenvalue weighted by Crippen LogP contribution is 2.17. The Hall–Kier alpha value is -1.00. The largest absolute Gasteiger partial charge is 0.375 e. The Morgan fingerprint density at radius 2 is 2.11 bits per heavy atom. The van der Waals surface area contributed by atoms with E-state index in [1.54, 1.807) is 0 Å². The molecule has 0 radical (unpaired) electrons. The topological polar surface area (TPSA) is 29.5 Å². The zero-order chi connectivity index (χ0) is 13.8. The molecule has 2 atom stereocenters. The van der Waals surface area contributed by atoms with Gasteiger partial charge in [-0.2, -0.15) is 0 Å². The van der Waals surface area contributed by atoms with Gasteiger partial charge in [-0.3, -0.25) is 4.79 Å². The lowest BCUT2D eigenvalue weighted by atomic mass is 10.1. The third-order valence-corrected chi connectivity index (χ3v) is 3.85. The molecule has 2 rings (SSSR count). The van der Waals surface area contributed by atoms with Crippen LogP contribution >= 0.6 is 12.6 Å². The van der Waals surface area contributed by atoms with Crippen molar-refractivity contribution >= 4 is 18.5 Å². The number of carbonyl (C=O) groups excluding carboxylic acids is 1. The van der Waals surface area contributed by atoms with Crippen LogP contribution in [0.1, 0.15) is 25.8 Å². The summed E-state index contributed by atoms with van der Waals surface area (Å²) in [5.74, 6) is 0.189. The van der Waals surface area contributed by atoms with Gasteiger partial charge in [-0.05, 0) is 31.0 Å². The second-order valence-corrected chi connectivity index (χ2v) is 5.61. The first-order valence-corrected chi connectivity index (χ1v) is 7.24. The van der Waals surface area contributed by atoms with Gasteiger partial charge in [0.2, 0.25) is 5.91 Å². The molecule has 0 N–H and O–H groups in total. The van der Waals surface area contributed by atoms with Crippen molar-refractivity contribution in [2.75, 3.05) is 13.2 Å². The van der Waals surface area contributed by atoms with Crippen LogP contribution in [-0.4, -0.2) is 36.1 Å². The van der Waals surface area contributed by atoms with E-state index in [1.165, 1.54) is 0 Å². The number of benzene rings is 1. The Morgan fingerprint density at radius 3 is 2.74 bits per heavy atom. The van der Waals surface area contributed by atoms with Crippen molar-refractivity contribution in [3.63, 3.8) is 0 Å². The second kappa shape index (κ2) is 6.44. The van der Waals surface area contributed by atoms with Gasteiger partial charge in [0.05, 0.1) is 25.2 Å². The molecule has 1 aliphatic rings. The Bertz CT molecular complexity index is 432. The molecule has 1 aromatic rings. The van der Waals surface area contributed by atoms with E-state index >= 15 is 0 Å². The number of thiol groups is 1. The number of amides is 1. The quantitative estimate of drug-likeness (QED) is 0.862. The molecule has 1 amide bonds. The predicted octanol–water partition coefficient (Wildman–Crippen LogP) is 2.54. The van der Waals surface area contributed by atoms with Crippen molar-refractivity contribution in [2.24, 2.45) is 0 Å². The molecule has 0 aliphatic carbocycles. The summed E-state index contributed by atoms with van der Waals surface area (Å²) in [4.78, 5) is 15.3. The number of hydrogen-bond donors (Lipinski definition) is 1. The molecule has 3 nitrogen and oxygen atoms in total. The van der Waals surface area contributed by atoms with Crippen molar-refractivity contribution in [3.8, 4) is 0 Å². The highest BCUT2D eigenvalue weighted by atomic mass is 32.1. The molecule has 1 saturated heterocycles. The van der Waals surface area contributed by atoms with Crippen LogP contribution < -0.4 is 0 Å². The van der Waals surface area contributed by atoms with E-state index in [-0.39, 0.29) is 18.1 Å². The van der Waals surface area contributed by atoms with Gasteiger partial charge in [0, 0.05) is 11.4 Å². The van der Waals surface area contributed by atoms with Crippen LogP contribution in [0.4, 0.5) is 0 Å². The fourth-order valence-corrected chi connectivity index (χ4v) is 2.53. The van der Waals surface area contributed by atoms with Gasteiger partial charge in [0.1, 0.15) is 0 Å². The standard InChI is InChI=1S/C15H21NO2S/c1-3-13-10-18-11(2)9-16(13)15(17)8-12-4-6-14(19)7-5-12/h4-7,11,13,19H,3,8-10H2,1-2H3. The third kappa shape index (κ3) is 3.74. The smallest absolute Gasteiger partial charge is 0.227 e. The maximum absolute atomic E-state index is 12.4. The summed E-state index contributed by atoms with van der Waals surface area (Å²) in [7, 11) is 0. The SMILES string of the molecule is CCC1COC(C)CN1C(=O)Cc1ccc(S)cc1. The minimum absolute atomic E-state index is 0.131. The molecule has 1 heterocycles. The van der Waals surface area contributed by atoms with Crippen LogP contribution in [0.25, 0.3) is 0 Å². The third-order valence-electron chi connectivity index (χ3n) is 3.55. The van der Waals surface area contributed by atoms with Crippen molar-refractivity contribution < 1.29 is 9.53 Å². The first kappa shape index (κ1) is 14.4. The molecular weight excluding hydrogens is 258 g/mol. The molecule has 0 bridgehead atoms. The molecule has 1 aliphatic heterocycles.